The maximum absolute atomic E-state index is 13.3. The molecular weight excluding hydrogens is 500 g/mol. The van der Waals surface area contributed by atoms with Gasteiger partial charge in [-0.05, 0) is 53.1 Å². The molecule has 39 heavy (non-hydrogen) atoms. The summed E-state index contributed by atoms with van der Waals surface area (Å²) in [6.07, 6.45) is 0. The minimum Gasteiger partial charge on any atom is -0.497 e. The van der Waals surface area contributed by atoms with Gasteiger partial charge in [0, 0.05) is 17.8 Å². The first-order valence-electron chi connectivity index (χ1n) is 12.1. The van der Waals surface area contributed by atoms with Crippen molar-refractivity contribution in [2.45, 2.75) is 18.2 Å². The summed E-state index contributed by atoms with van der Waals surface area (Å²) in [4.78, 5) is 24.1. The summed E-state index contributed by atoms with van der Waals surface area (Å²) in [6.45, 7) is -0.0288. The van der Waals surface area contributed by atoms with Crippen molar-refractivity contribution in [1.29, 1.82) is 0 Å². The van der Waals surface area contributed by atoms with E-state index in [0.717, 1.165) is 5.56 Å². The predicted octanol–water partition coefficient (Wildman–Crippen LogP) is 5.96. The van der Waals surface area contributed by atoms with Gasteiger partial charge in [-0.2, -0.15) is 0 Å². The number of aliphatic carboxylic acids is 1. The lowest BCUT2D eigenvalue weighted by atomic mass is 9.81. The smallest absolute Gasteiger partial charge is 0.343 e. The average molecular weight is 529 g/mol. The third-order valence-electron chi connectivity index (χ3n) is 6.39. The lowest BCUT2D eigenvalue weighted by molar-refractivity contribution is -0.384. The lowest BCUT2D eigenvalue weighted by Crippen LogP contribution is -2.47. The van der Waals surface area contributed by atoms with E-state index >= 15 is 0 Å². The molecule has 0 aliphatic rings. The van der Waals surface area contributed by atoms with E-state index in [4.69, 9.17) is 14.2 Å². The van der Waals surface area contributed by atoms with Gasteiger partial charge in [0.05, 0.1) is 31.8 Å². The lowest BCUT2D eigenvalue weighted by Gasteiger charge is -2.39. The van der Waals surface area contributed by atoms with Crippen LogP contribution in [0.1, 0.15) is 22.7 Å². The highest BCUT2D eigenvalue weighted by Crippen LogP contribution is 2.43. The number of carbonyl (C=O) groups is 1. The van der Waals surface area contributed by atoms with Crippen LogP contribution in [0.15, 0.2) is 103 Å². The summed E-state index contributed by atoms with van der Waals surface area (Å²) in [6, 6.07) is 27.6. The van der Waals surface area contributed by atoms with E-state index in [1.54, 1.807) is 93.1 Å². The fourth-order valence-corrected chi connectivity index (χ4v) is 4.31. The number of hydrogen-bond acceptors (Lipinski definition) is 7. The van der Waals surface area contributed by atoms with Crippen molar-refractivity contribution in [3.05, 3.63) is 130 Å². The van der Waals surface area contributed by atoms with E-state index in [0.29, 0.717) is 28.3 Å². The van der Waals surface area contributed by atoms with Crippen LogP contribution >= 0.6 is 0 Å². The first-order valence-corrected chi connectivity index (χ1v) is 12.1. The molecule has 0 aromatic heterocycles. The first kappa shape index (κ1) is 27.2. The molecule has 4 aromatic rings. The van der Waals surface area contributed by atoms with Crippen LogP contribution in [0.25, 0.3) is 0 Å². The summed E-state index contributed by atoms with van der Waals surface area (Å²) in [5.74, 6) is 0.0681. The van der Waals surface area contributed by atoms with E-state index < -0.39 is 22.5 Å². The summed E-state index contributed by atoms with van der Waals surface area (Å²) in [5.41, 5.74) is 0.185. The van der Waals surface area contributed by atoms with Crippen molar-refractivity contribution >= 4 is 17.3 Å². The zero-order valence-corrected chi connectivity index (χ0v) is 21.4. The standard InChI is InChI=1S/C30H28N2O7/c1-37-26-16-8-21(9-17-26)20-39-30(29(33)34,23-6-4-3-5-7-23)28(22-10-14-25(15-11-22)32(35)36)31-24-12-18-27(38-2)19-13-24/h3-19,28,31H,20H2,1-2H3,(H,33,34)/t28-,30-/m1/s1. The Labute approximate surface area is 225 Å². The number of benzene rings is 4. The van der Waals surface area contributed by atoms with Gasteiger partial charge in [-0.15, -0.1) is 0 Å². The largest absolute Gasteiger partial charge is 0.497 e. The SMILES string of the molecule is COc1ccc(CO[C@](C(=O)O)(c2ccccc2)[C@H](Nc2ccc(OC)cc2)c2ccc([N+](=O)[O-])cc2)cc1. The van der Waals surface area contributed by atoms with Crippen LogP contribution in [-0.4, -0.2) is 30.2 Å². The number of nitrogens with zero attached hydrogens (tertiary/aromatic N) is 1. The second-order valence-corrected chi connectivity index (χ2v) is 8.70. The molecule has 2 atom stereocenters. The fraction of sp³-hybridized carbons (Fsp3) is 0.167. The number of nitro benzene ring substituents is 1. The normalized spacial score (nSPS) is 13.1. The first-order chi connectivity index (χ1) is 18.9. The van der Waals surface area contributed by atoms with Crippen LogP contribution in [0, 0.1) is 10.1 Å². The molecule has 0 aliphatic heterocycles. The maximum Gasteiger partial charge on any atom is 0.343 e. The minimum atomic E-state index is -1.93. The van der Waals surface area contributed by atoms with Crippen molar-refractivity contribution in [2.75, 3.05) is 19.5 Å². The number of methoxy groups -OCH3 is 2. The van der Waals surface area contributed by atoms with Crippen LogP contribution in [0.5, 0.6) is 11.5 Å². The average Bonchev–Trinajstić information content (AvgIpc) is 2.98. The number of carboxylic acid groups (broad SMARTS) is 1. The zero-order valence-electron chi connectivity index (χ0n) is 21.4. The Morgan fingerprint density at radius 1 is 0.872 bits per heavy atom. The van der Waals surface area contributed by atoms with Crippen LogP contribution < -0.4 is 14.8 Å². The molecule has 0 saturated carbocycles. The van der Waals surface area contributed by atoms with Crippen molar-refractivity contribution in [2.24, 2.45) is 0 Å². The molecule has 0 radical (unpaired) electrons. The second kappa shape index (κ2) is 12.1. The third-order valence-corrected chi connectivity index (χ3v) is 6.39. The predicted molar refractivity (Wildman–Crippen MR) is 146 cm³/mol. The van der Waals surface area contributed by atoms with Gasteiger partial charge >= 0.3 is 5.97 Å². The minimum absolute atomic E-state index is 0.0288. The van der Waals surface area contributed by atoms with Gasteiger partial charge in [-0.1, -0.05) is 54.6 Å². The number of carboxylic acids is 1. The van der Waals surface area contributed by atoms with Gasteiger partial charge in [0.15, 0.2) is 0 Å². The number of anilines is 1. The van der Waals surface area contributed by atoms with Crippen LogP contribution in [0.2, 0.25) is 0 Å². The Kier molecular flexibility index (Phi) is 8.43. The number of nitrogens with one attached hydrogen (secondary N) is 1. The molecule has 0 heterocycles. The monoisotopic (exact) mass is 528 g/mol. The van der Waals surface area contributed by atoms with Crippen molar-refractivity contribution in [1.82, 2.24) is 0 Å². The molecule has 0 bridgehead atoms. The Morgan fingerprint density at radius 3 is 1.95 bits per heavy atom. The van der Waals surface area contributed by atoms with Gasteiger partial charge in [0.25, 0.3) is 5.69 Å². The van der Waals surface area contributed by atoms with E-state index in [2.05, 4.69) is 5.32 Å². The summed E-state index contributed by atoms with van der Waals surface area (Å²) in [7, 11) is 3.12. The number of nitro groups is 1. The number of non-ortho nitro benzene ring substituents is 1. The van der Waals surface area contributed by atoms with Crippen LogP contribution in [0.4, 0.5) is 11.4 Å². The van der Waals surface area contributed by atoms with Crippen molar-refractivity contribution < 1.29 is 29.0 Å². The number of ether oxygens (including phenoxy) is 3. The molecule has 4 aromatic carbocycles. The van der Waals surface area contributed by atoms with Gasteiger partial charge < -0.3 is 24.6 Å². The van der Waals surface area contributed by atoms with Crippen molar-refractivity contribution in [3.63, 3.8) is 0 Å². The maximum atomic E-state index is 13.3. The summed E-state index contributed by atoms with van der Waals surface area (Å²) in [5, 5.41) is 25.5. The zero-order chi connectivity index (χ0) is 27.8. The Hall–Kier alpha value is -4.89. The second-order valence-electron chi connectivity index (χ2n) is 8.70. The highest BCUT2D eigenvalue weighted by molar-refractivity contribution is 5.82. The summed E-state index contributed by atoms with van der Waals surface area (Å²) < 4.78 is 16.9. The molecule has 0 amide bonds. The Bertz CT molecular complexity index is 1390. The molecular formula is C30H28N2O7. The molecule has 0 saturated heterocycles. The van der Waals surface area contributed by atoms with E-state index in [9.17, 15) is 20.0 Å². The van der Waals surface area contributed by atoms with Gasteiger partial charge in [0.1, 0.15) is 11.5 Å². The van der Waals surface area contributed by atoms with E-state index in [1.807, 2.05) is 0 Å². The number of hydrogen-bond donors (Lipinski definition) is 2. The van der Waals surface area contributed by atoms with Crippen LogP contribution in [-0.2, 0) is 21.7 Å². The molecule has 0 aliphatic carbocycles. The van der Waals surface area contributed by atoms with Crippen LogP contribution in [0.3, 0.4) is 0 Å². The fourth-order valence-electron chi connectivity index (χ4n) is 4.31. The van der Waals surface area contributed by atoms with Gasteiger partial charge in [-0.25, -0.2) is 4.79 Å². The third kappa shape index (κ3) is 6.00. The Balaban J connectivity index is 1.85. The molecule has 4 rings (SSSR count). The number of rotatable bonds is 12. The highest BCUT2D eigenvalue weighted by Gasteiger charge is 2.50. The van der Waals surface area contributed by atoms with Crippen molar-refractivity contribution in [3.8, 4) is 11.5 Å². The van der Waals surface area contributed by atoms with E-state index in [1.165, 1.54) is 24.3 Å². The molecule has 0 fully saturated rings. The molecule has 2 N–H and O–H groups in total. The highest BCUT2D eigenvalue weighted by atomic mass is 16.6. The molecule has 9 nitrogen and oxygen atoms in total. The molecule has 9 heteroatoms. The van der Waals surface area contributed by atoms with Gasteiger partial charge in [-0.3, -0.25) is 10.1 Å². The molecule has 0 spiro atoms. The topological polar surface area (TPSA) is 120 Å². The van der Waals surface area contributed by atoms with E-state index in [-0.39, 0.29) is 12.3 Å². The molecule has 0 unspecified atom stereocenters. The Morgan fingerprint density at radius 2 is 1.44 bits per heavy atom. The summed E-state index contributed by atoms with van der Waals surface area (Å²) >= 11 is 0. The molecule has 200 valence electrons. The van der Waals surface area contributed by atoms with Gasteiger partial charge in [0.2, 0.25) is 5.60 Å². The quantitative estimate of drug-likeness (QED) is 0.171.